The lowest BCUT2D eigenvalue weighted by Crippen LogP contribution is -2.06. The van der Waals surface area contributed by atoms with Crippen LogP contribution in [0.1, 0.15) is 11.1 Å². The monoisotopic (exact) mass is 207 g/mol. The predicted octanol–water partition coefficient (Wildman–Crippen LogP) is 3.11. The average molecular weight is 207 g/mol. The van der Waals surface area contributed by atoms with Crippen LogP contribution in [0.4, 0.5) is 17.6 Å². The van der Waals surface area contributed by atoms with Gasteiger partial charge in [0.2, 0.25) is 0 Å². The Morgan fingerprint density at radius 1 is 1.29 bits per heavy atom. The highest BCUT2D eigenvalue weighted by Crippen LogP contribution is 2.30. The second-order valence-electron chi connectivity index (χ2n) is 2.59. The van der Waals surface area contributed by atoms with Crippen LogP contribution in [-0.4, -0.2) is 0 Å². The van der Waals surface area contributed by atoms with E-state index >= 15 is 0 Å². The second-order valence-corrected chi connectivity index (χ2v) is 2.59. The Morgan fingerprint density at radius 3 is 2.36 bits per heavy atom. The summed E-state index contributed by atoms with van der Waals surface area (Å²) in [5.41, 5.74) is -1.22. The van der Waals surface area contributed by atoms with Gasteiger partial charge in [0.05, 0.1) is 5.56 Å². The highest BCUT2D eigenvalue weighted by molar-refractivity contribution is 5.26. The molecule has 76 valence electrons. The van der Waals surface area contributed by atoms with Gasteiger partial charge in [-0.05, 0) is 12.1 Å². The minimum Gasteiger partial charge on any atom is -0.207 e. The lowest BCUT2D eigenvalue weighted by atomic mass is 10.1. The standard InChI is InChI=1S/C8H5F4NO/c9-7-3-6(8(10,11)12)2-1-5(7)4-13-14/h1-3H,4H2. The first-order chi connectivity index (χ1) is 6.45. The number of nitrogens with zero attached hydrogens (tertiary/aromatic N) is 1. The third kappa shape index (κ3) is 2.27. The Balaban J connectivity index is 3.06. The van der Waals surface area contributed by atoms with Crippen LogP contribution in [-0.2, 0) is 12.7 Å². The summed E-state index contributed by atoms with van der Waals surface area (Å²) in [6, 6.07) is 1.96. The van der Waals surface area contributed by atoms with Gasteiger partial charge in [-0.1, -0.05) is 11.2 Å². The molecule has 2 nitrogen and oxygen atoms in total. The van der Waals surface area contributed by atoms with Gasteiger partial charge >= 0.3 is 6.18 Å². The maximum absolute atomic E-state index is 12.9. The maximum atomic E-state index is 12.9. The minimum absolute atomic E-state index is 0.145. The molecular weight excluding hydrogens is 202 g/mol. The van der Waals surface area contributed by atoms with E-state index in [0.29, 0.717) is 12.1 Å². The van der Waals surface area contributed by atoms with Crippen molar-refractivity contribution in [3.8, 4) is 0 Å². The van der Waals surface area contributed by atoms with E-state index in [9.17, 15) is 22.5 Å². The average Bonchev–Trinajstić information content (AvgIpc) is 2.07. The molecule has 0 N–H and O–H groups in total. The molecule has 0 saturated heterocycles. The van der Waals surface area contributed by atoms with Gasteiger partial charge in [0.1, 0.15) is 12.4 Å². The minimum atomic E-state index is -4.58. The Hall–Kier alpha value is -1.46. The van der Waals surface area contributed by atoms with Crippen LogP contribution in [0, 0.1) is 10.7 Å². The largest absolute Gasteiger partial charge is 0.416 e. The normalized spacial score (nSPS) is 11.4. The molecule has 1 rings (SSSR count). The summed E-state index contributed by atoms with van der Waals surface area (Å²) in [5.74, 6) is -1.07. The maximum Gasteiger partial charge on any atom is 0.416 e. The van der Waals surface area contributed by atoms with E-state index in [2.05, 4.69) is 5.18 Å². The Bertz CT molecular complexity index is 348. The van der Waals surface area contributed by atoms with E-state index < -0.39 is 24.1 Å². The first kappa shape index (κ1) is 10.6. The molecule has 1 aromatic carbocycles. The molecule has 0 fully saturated rings. The van der Waals surface area contributed by atoms with E-state index in [0.717, 1.165) is 6.07 Å². The van der Waals surface area contributed by atoms with E-state index in [1.807, 2.05) is 0 Å². The fraction of sp³-hybridized carbons (Fsp3) is 0.250. The van der Waals surface area contributed by atoms with E-state index in [4.69, 9.17) is 0 Å². The van der Waals surface area contributed by atoms with Crippen LogP contribution in [0.2, 0.25) is 0 Å². The van der Waals surface area contributed by atoms with Crippen LogP contribution < -0.4 is 0 Å². The summed E-state index contributed by atoms with van der Waals surface area (Å²) < 4.78 is 49.0. The van der Waals surface area contributed by atoms with Crippen molar-refractivity contribution in [1.29, 1.82) is 0 Å². The van der Waals surface area contributed by atoms with Gasteiger partial charge in [-0.15, -0.1) is 0 Å². The molecule has 0 radical (unpaired) electrons. The molecule has 1 aromatic rings. The molecular formula is C8H5F4NO. The summed E-state index contributed by atoms with van der Waals surface area (Å²) in [6.45, 7) is -0.468. The predicted molar refractivity (Wildman–Crippen MR) is 40.9 cm³/mol. The van der Waals surface area contributed by atoms with Crippen LogP contribution in [0.15, 0.2) is 23.4 Å². The summed E-state index contributed by atoms with van der Waals surface area (Å²) in [4.78, 5) is 9.77. The quantitative estimate of drug-likeness (QED) is 0.541. The summed E-state index contributed by atoms with van der Waals surface area (Å²) in [6.07, 6.45) is -4.58. The van der Waals surface area contributed by atoms with Gasteiger partial charge in [0.25, 0.3) is 0 Å². The van der Waals surface area contributed by atoms with Gasteiger partial charge in [0, 0.05) is 5.56 Å². The number of halogens is 4. The SMILES string of the molecule is O=NCc1ccc(C(F)(F)F)cc1F. The second kappa shape index (κ2) is 3.73. The van der Waals surface area contributed by atoms with Crippen LogP contribution in [0.3, 0.4) is 0 Å². The van der Waals surface area contributed by atoms with Crippen molar-refractivity contribution in [3.05, 3.63) is 40.1 Å². The Morgan fingerprint density at radius 2 is 1.93 bits per heavy atom. The van der Waals surface area contributed by atoms with Crippen molar-refractivity contribution < 1.29 is 17.6 Å². The van der Waals surface area contributed by atoms with Crippen molar-refractivity contribution in [3.63, 3.8) is 0 Å². The molecule has 0 spiro atoms. The number of rotatable bonds is 2. The molecule has 0 aliphatic heterocycles. The molecule has 0 saturated carbocycles. The van der Waals surface area contributed by atoms with Crippen LogP contribution in [0.5, 0.6) is 0 Å². The topological polar surface area (TPSA) is 29.4 Å². The molecule has 0 aliphatic rings. The number of hydrogen-bond donors (Lipinski definition) is 0. The molecule has 0 amide bonds. The molecule has 0 unspecified atom stereocenters. The molecule has 0 aromatic heterocycles. The summed E-state index contributed by atoms with van der Waals surface area (Å²) >= 11 is 0. The summed E-state index contributed by atoms with van der Waals surface area (Å²) in [5, 5.41) is 2.39. The van der Waals surface area contributed by atoms with Crippen LogP contribution in [0.25, 0.3) is 0 Å². The molecule has 0 bridgehead atoms. The molecule has 0 heterocycles. The number of nitroso groups, excluding NO2 is 1. The zero-order chi connectivity index (χ0) is 10.8. The number of alkyl halides is 3. The first-order valence-corrected chi connectivity index (χ1v) is 3.60. The Labute approximate surface area is 76.5 Å². The van der Waals surface area contributed by atoms with E-state index in [-0.39, 0.29) is 5.56 Å². The van der Waals surface area contributed by atoms with Crippen molar-refractivity contribution in [2.24, 2.45) is 5.18 Å². The lowest BCUT2D eigenvalue weighted by Gasteiger charge is -2.07. The van der Waals surface area contributed by atoms with Gasteiger partial charge in [-0.25, -0.2) is 4.39 Å². The fourth-order valence-electron chi connectivity index (χ4n) is 0.921. The van der Waals surface area contributed by atoms with Crippen molar-refractivity contribution in [1.82, 2.24) is 0 Å². The molecule has 14 heavy (non-hydrogen) atoms. The Kier molecular flexibility index (Phi) is 2.83. The third-order valence-electron chi connectivity index (χ3n) is 1.62. The smallest absolute Gasteiger partial charge is 0.207 e. The first-order valence-electron chi connectivity index (χ1n) is 3.60. The lowest BCUT2D eigenvalue weighted by molar-refractivity contribution is -0.137. The van der Waals surface area contributed by atoms with Crippen molar-refractivity contribution in [2.75, 3.05) is 0 Å². The third-order valence-corrected chi connectivity index (χ3v) is 1.62. The molecule has 0 aliphatic carbocycles. The molecule has 6 heteroatoms. The molecule has 0 atom stereocenters. The van der Waals surface area contributed by atoms with Gasteiger partial charge in [0.15, 0.2) is 0 Å². The van der Waals surface area contributed by atoms with E-state index in [1.54, 1.807) is 0 Å². The van der Waals surface area contributed by atoms with Gasteiger partial charge in [-0.2, -0.15) is 18.1 Å². The zero-order valence-electron chi connectivity index (χ0n) is 6.81. The highest BCUT2D eigenvalue weighted by Gasteiger charge is 2.31. The van der Waals surface area contributed by atoms with Crippen LogP contribution >= 0.6 is 0 Å². The van der Waals surface area contributed by atoms with E-state index in [1.165, 1.54) is 0 Å². The number of hydrogen-bond acceptors (Lipinski definition) is 2. The zero-order valence-corrected chi connectivity index (χ0v) is 6.81. The van der Waals surface area contributed by atoms with Gasteiger partial charge < -0.3 is 0 Å². The highest BCUT2D eigenvalue weighted by atomic mass is 19.4. The van der Waals surface area contributed by atoms with Gasteiger partial charge in [-0.3, -0.25) is 0 Å². The summed E-state index contributed by atoms with van der Waals surface area (Å²) in [7, 11) is 0. The number of benzene rings is 1. The fourth-order valence-corrected chi connectivity index (χ4v) is 0.921. The van der Waals surface area contributed by atoms with Crippen molar-refractivity contribution in [2.45, 2.75) is 12.7 Å². The van der Waals surface area contributed by atoms with Crippen molar-refractivity contribution >= 4 is 0 Å².